The number of benzene rings is 2. The Hall–Kier alpha value is -3.26. The van der Waals surface area contributed by atoms with E-state index in [1.807, 2.05) is 24.3 Å². The Bertz CT molecular complexity index is 1200. The van der Waals surface area contributed by atoms with Crippen LogP contribution in [0.3, 0.4) is 0 Å². The molecule has 31 heavy (non-hydrogen) atoms. The molecule has 0 aliphatic carbocycles. The summed E-state index contributed by atoms with van der Waals surface area (Å²) < 4.78 is 39.6. The largest absolute Gasteiger partial charge is 0.416 e. The minimum absolute atomic E-state index is 0.150. The van der Waals surface area contributed by atoms with E-state index in [9.17, 15) is 18.0 Å². The number of thiazole rings is 1. The minimum Gasteiger partial charge on any atom is -0.278 e. The van der Waals surface area contributed by atoms with Gasteiger partial charge < -0.3 is 0 Å². The first-order chi connectivity index (χ1) is 14.8. The lowest BCUT2D eigenvalue weighted by atomic mass is 10.1. The lowest BCUT2D eigenvalue weighted by molar-refractivity contribution is -0.137. The van der Waals surface area contributed by atoms with Crippen LogP contribution in [0.4, 0.5) is 18.3 Å². The number of aromatic nitrogens is 2. The van der Waals surface area contributed by atoms with Crippen molar-refractivity contribution in [1.29, 1.82) is 0 Å². The zero-order valence-electron chi connectivity index (χ0n) is 16.6. The molecule has 0 unspecified atom stereocenters. The highest BCUT2D eigenvalue weighted by atomic mass is 32.1. The molecule has 0 saturated heterocycles. The van der Waals surface area contributed by atoms with Gasteiger partial charge in [-0.3, -0.25) is 14.7 Å². The summed E-state index contributed by atoms with van der Waals surface area (Å²) in [5.41, 5.74) is 1.93. The minimum atomic E-state index is -4.46. The molecule has 1 amide bonds. The Morgan fingerprint density at radius 1 is 1.06 bits per heavy atom. The number of amides is 1. The van der Waals surface area contributed by atoms with Gasteiger partial charge in [-0.2, -0.15) is 13.2 Å². The van der Waals surface area contributed by atoms with Crippen molar-refractivity contribution in [3.8, 4) is 0 Å². The number of halogens is 3. The van der Waals surface area contributed by atoms with E-state index in [4.69, 9.17) is 0 Å². The Kier molecular flexibility index (Phi) is 5.73. The van der Waals surface area contributed by atoms with Gasteiger partial charge in [0.2, 0.25) is 0 Å². The standard InChI is InChI=1S/C23H18F3N3OS/c1-2-15-6-11-19-20(13-15)31-22(28-19)29(14-18-5-3-4-12-27-18)21(30)16-7-9-17(10-8-16)23(24,25)26/h3-13H,2,14H2,1H3. The lowest BCUT2D eigenvalue weighted by Crippen LogP contribution is -2.30. The Labute approximate surface area is 181 Å². The van der Waals surface area contributed by atoms with E-state index in [1.165, 1.54) is 28.4 Å². The van der Waals surface area contributed by atoms with Gasteiger partial charge in [-0.1, -0.05) is 30.4 Å². The number of rotatable bonds is 5. The van der Waals surface area contributed by atoms with Crippen molar-refractivity contribution in [2.45, 2.75) is 26.1 Å². The third-order valence-electron chi connectivity index (χ3n) is 4.83. The monoisotopic (exact) mass is 441 g/mol. The Balaban J connectivity index is 1.73. The van der Waals surface area contributed by atoms with E-state index in [0.29, 0.717) is 10.8 Å². The predicted molar refractivity (Wildman–Crippen MR) is 115 cm³/mol. The molecular formula is C23H18F3N3OS. The zero-order valence-corrected chi connectivity index (χ0v) is 17.4. The van der Waals surface area contributed by atoms with E-state index in [0.717, 1.165) is 34.3 Å². The van der Waals surface area contributed by atoms with Gasteiger partial charge in [0.25, 0.3) is 5.91 Å². The first-order valence-electron chi connectivity index (χ1n) is 9.63. The molecule has 4 nitrogen and oxygen atoms in total. The fourth-order valence-electron chi connectivity index (χ4n) is 3.13. The van der Waals surface area contributed by atoms with E-state index >= 15 is 0 Å². The maximum atomic E-state index is 13.3. The van der Waals surface area contributed by atoms with Crippen LogP contribution < -0.4 is 4.90 Å². The topological polar surface area (TPSA) is 46.1 Å². The third-order valence-corrected chi connectivity index (χ3v) is 5.87. The maximum Gasteiger partial charge on any atom is 0.416 e. The molecule has 0 spiro atoms. The zero-order chi connectivity index (χ0) is 22.0. The lowest BCUT2D eigenvalue weighted by Gasteiger charge is -2.20. The van der Waals surface area contributed by atoms with Crippen LogP contribution in [0.25, 0.3) is 10.2 Å². The molecular weight excluding hydrogens is 423 g/mol. The fraction of sp³-hybridized carbons (Fsp3) is 0.174. The summed E-state index contributed by atoms with van der Waals surface area (Å²) in [5, 5.41) is 0.471. The summed E-state index contributed by atoms with van der Waals surface area (Å²) >= 11 is 1.37. The van der Waals surface area contributed by atoms with Crippen LogP contribution in [0.5, 0.6) is 0 Å². The Morgan fingerprint density at radius 3 is 2.48 bits per heavy atom. The second-order valence-electron chi connectivity index (χ2n) is 6.94. The SMILES string of the molecule is CCc1ccc2nc(N(Cc3ccccn3)C(=O)c3ccc(C(F)(F)F)cc3)sc2c1. The van der Waals surface area contributed by atoms with E-state index in [1.54, 1.807) is 18.3 Å². The third kappa shape index (κ3) is 4.59. The summed E-state index contributed by atoms with van der Waals surface area (Å²) in [6, 6.07) is 15.5. The van der Waals surface area contributed by atoms with Crippen molar-refractivity contribution in [2.24, 2.45) is 0 Å². The van der Waals surface area contributed by atoms with Crippen LogP contribution in [0, 0.1) is 0 Å². The molecule has 0 aliphatic rings. The molecule has 2 heterocycles. The summed E-state index contributed by atoms with van der Waals surface area (Å²) in [4.78, 5) is 23.6. The van der Waals surface area contributed by atoms with Crippen LogP contribution in [0.15, 0.2) is 66.9 Å². The molecule has 0 saturated carbocycles. The van der Waals surface area contributed by atoms with Crippen LogP contribution in [0.1, 0.15) is 34.1 Å². The van der Waals surface area contributed by atoms with Crippen molar-refractivity contribution >= 4 is 32.6 Å². The van der Waals surface area contributed by atoms with Crippen LogP contribution in [-0.2, 0) is 19.1 Å². The highest BCUT2D eigenvalue weighted by Gasteiger charge is 2.31. The van der Waals surface area contributed by atoms with E-state index in [2.05, 4.69) is 16.9 Å². The van der Waals surface area contributed by atoms with Gasteiger partial charge in [0.15, 0.2) is 5.13 Å². The molecule has 0 atom stereocenters. The average Bonchev–Trinajstić information content (AvgIpc) is 3.20. The van der Waals surface area contributed by atoms with Gasteiger partial charge in [-0.05, 0) is 60.5 Å². The number of pyridine rings is 1. The summed E-state index contributed by atoms with van der Waals surface area (Å²) in [7, 11) is 0. The molecule has 2 aromatic heterocycles. The molecule has 8 heteroatoms. The quantitative estimate of drug-likeness (QED) is 0.375. The normalized spacial score (nSPS) is 11.6. The summed E-state index contributed by atoms with van der Waals surface area (Å²) in [6.07, 6.45) is -1.95. The highest BCUT2D eigenvalue weighted by Crippen LogP contribution is 2.33. The second kappa shape index (κ2) is 8.47. The molecule has 0 aliphatic heterocycles. The smallest absolute Gasteiger partial charge is 0.278 e. The van der Waals surface area contributed by atoms with Gasteiger partial charge in [-0.25, -0.2) is 4.98 Å². The van der Waals surface area contributed by atoms with E-state index < -0.39 is 17.6 Å². The van der Waals surface area contributed by atoms with Crippen molar-refractivity contribution < 1.29 is 18.0 Å². The first kappa shape index (κ1) is 21.0. The first-order valence-corrected chi connectivity index (χ1v) is 10.5. The summed E-state index contributed by atoms with van der Waals surface area (Å²) in [5.74, 6) is -0.436. The number of anilines is 1. The predicted octanol–water partition coefficient (Wildman–Crippen LogP) is 6.12. The van der Waals surface area contributed by atoms with Gasteiger partial charge in [0, 0.05) is 11.8 Å². The molecule has 0 fully saturated rings. The fourth-order valence-corrected chi connectivity index (χ4v) is 4.16. The number of hydrogen-bond donors (Lipinski definition) is 0. The number of carbonyl (C=O) groups is 1. The van der Waals surface area contributed by atoms with Crippen LogP contribution >= 0.6 is 11.3 Å². The molecule has 4 aromatic rings. The second-order valence-corrected chi connectivity index (χ2v) is 7.95. The molecule has 158 valence electrons. The van der Waals surface area contributed by atoms with E-state index in [-0.39, 0.29) is 12.1 Å². The molecule has 4 rings (SSSR count). The van der Waals surface area contributed by atoms with Crippen molar-refractivity contribution in [2.75, 3.05) is 4.90 Å². The van der Waals surface area contributed by atoms with Gasteiger partial charge in [0.05, 0.1) is 28.0 Å². The van der Waals surface area contributed by atoms with Crippen molar-refractivity contribution in [3.05, 3.63) is 89.2 Å². The molecule has 2 aromatic carbocycles. The molecule has 0 N–H and O–H groups in total. The van der Waals surface area contributed by atoms with Crippen LogP contribution in [-0.4, -0.2) is 15.9 Å². The highest BCUT2D eigenvalue weighted by molar-refractivity contribution is 7.22. The van der Waals surface area contributed by atoms with Gasteiger partial charge >= 0.3 is 6.18 Å². The number of carbonyl (C=O) groups excluding carboxylic acids is 1. The number of aryl methyl sites for hydroxylation is 1. The van der Waals surface area contributed by atoms with Crippen LogP contribution in [0.2, 0.25) is 0 Å². The number of nitrogens with zero attached hydrogens (tertiary/aromatic N) is 3. The molecule has 0 radical (unpaired) electrons. The number of hydrogen-bond acceptors (Lipinski definition) is 4. The van der Waals surface area contributed by atoms with Crippen molar-refractivity contribution in [1.82, 2.24) is 9.97 Å². The summed E-state index contributed by atoms with van der Waals surface area (Å²) in [6.45, 7) is 2.21. The van der Waals surface area contributed by atoms with Gasteiger partial charge in [-0.15, -0.1) is 0 Å². The molecule has 0 bridgehead atoms. The number of fused-ring (bicyclic) bond motifs is 1. The van der Waals surface area contributed by atoms with Crippen molar-refractivity contribution in [3.63, 3.8) is 0 Å². The maximum absolute atomic E-state index is 13.3. The Morgan fingerprint density at radius 2 is 1.84 bits per heavy atom. The van der Waals surface area contributed by atoms with Gasteiger partial charge in [0.1, 0.15) is 0 Å². The number of alkyl halides is 3. The average molecular weight is 441 g/mol.